The molecule has 18 nitrogen and oxygen atoms in total. The zero-order valence-electron chi connectivity index (χ0n) is 10.7. The maximum Gasteiger partial charge on any atom is 0.423 e. The van der Waals surface area contributed by atoms with Gasteiger partial charge >= 0.3 is 22.7 Å². The first-order valence-corrected chi connectivity index (χ1v) is 5.10. The average molecular weight is 340 g/mol. The van der Waals surface area contributed by atoms with Gasteiger partial charge in [-0.15, -0.1) is 0 Å². The van der Waals surface area contributed by atoms with Crippen molar-refractivity contribution in [3.8, 4) is 0 Å². The van der Waals surface area contributed by atoms with E-state index in [1.165, 1.54) is 0 Å². The van der Waals surface area contributed by atoms with Gasteiger partial charge in [0, 0.05) is 9.82 Å². The van der Waals surface area contributed by atoms with Crippen molar-refractivity contribution in [1.82, 2.24) is 0 Å². The quantitative estimate of drug-likeness (QED) is 0.243. The molecule has 0 saturated heterocycles. The average Bonchev–Trinajstić information content (AvgIpc) is 2.45. The number of nitro groups is 4. The van der Waals surface area contributed by atoms with Gasteiger partial charge in [0.05, 0.1) is 19.7 Å². The largest absolute Gasteiger partial charge is 0.423 e. The van der Waals surface area contributed by atoms with E-state index in [4.69, 9.17) is 11.1 Å². The van der Waals surface area contributed by atoms with E-state index in [0.717, 1.165) is 0 Å². The van der Waals surface area contributed by atoms with E-state index >= 15 is 0 Å². The lowest BCUT2D eigenvalue weighted by Gasteiger charge is -2.04. The molecule has 1 aromatic carbocycles. The second-order valence-corrected chi connectivity index (χ2v) is 3.50. The topological polar surface area (TPSA) is 270 Å². The van der Waals surface area contributed by atoms with Crippen LogP contribution in [0.25, 0.3) is 20.9 Å². The Morgan fingerprint density at radius 3 is 1.12 bits per heavy atom. The van der Waals surface area contributed by atoms with Crippen LogP contribution in [-0.2, 0) is 0 Å². The first-order chi connectivity index (χ1) is 11.2. The summed E-state index contributed by atoms with van der Waals surface area (Å²) in [7, 11) is 0. The summed E-state index contributed by atoms with van der Waals surface area (Å²) in [5, 5.41) is 49.3. The van der Waals surface area contributed by atoms with Crippen LogP contribution in [0.3, 0.4) is 0 Å². The summed E-state index contributed by atoms with van der Waals surface area (Å²) in [6.07, 6.45) is 0. The lowest BCUT2D eigenvalue weighted by atomic mass is 10.1. The molecule has 0 spiro atoms. The minimum atomic E-state index is -1.83. The zero-order chi connectivity index (χ0) is 18.6. The van der Waals surface area contributed by atoms with Crippen LogP contribution in [0, 0.1) is 40.5 Å². The third-order valence-electron chi connectivity index (χ3n) is 2.37. The molecule has 0 fully saturated rings. The van der Waals surface area contributed by atoms with E-state index < -0.39 is 53.8 Å². The van der Waals surface area contributed by atoms with Crippen LogP contribution in [0.5, 0.6) is 0 Å². The third kappa shape index (κ3) is 2.74. The van der Waals surface area contributed by atoms with Crippen molar-refractivity contribution in [1.29, 1.82) is 0 Å². The van der Waals surface area contributed by atoms with E-state index in [1.54, 1.807) is 0 Å². The van der Waals surface area contributed by atoms with Gasteiger partial charge in [0.25, 0.3) is 0 Å². The molecule has 0 aromatic heterocycles. The molecule has 0 bridgehead atoms. The summed E-state index contributed by atoms with van der Waals surface area (Å²) in [5.74, 6) is 0. The number of hydrogen-bond donors (Lipinski definition) is 0. The Kier molecular flexibility index (Phi) is 4.72. The molecule has 0 unspecified atom stereocenters. The highest BCUT2D eigenvalue weighted by Gasteiger charge is 2.48. The van der Waals surface area contributed by atoms with Gasteiger partial charge in [-0.1, -0.05) is 0 Å². The molecule has 1 aromatic rings. The third-order valence-corrected chi connectivity index (χ3v) is 2.37. The molecule has 24 heavy (non-hydrogen) atoms. The maximum atomic E-state index is 11.0. The van der Waals surface area contributed by atoms with Crippen LogP contribution in [0.1, 0.15) is 0 Å². The fraction of sp³-hybridized carbons (Fsp3) is 0. The highest BCUT2D eigenvalue weighted by molar-refractivity contribution is 5.94. The molecule has 0 N–H and O–H groups in total. The van der Waals surface area contributed by atoms with Crippen LogP contribution in [-0.4, -0.2) is 19.7 Å². The Hall–Kier alpha value is -4.56. The number of hydrogen-bond acceptors (Lipinski definition) is 10. The molecule has 0 heterocycles. The summed E-state index contributed by atoms with van der Waals surface area (Å²) in [6, 6.07) is 0. The predicted molar refractivity (Wildman–Crippen MR) is 70.7 cm³/mol. The van der Waals surface area contributed by atoms with E-state index in [1.807, 2.05) is 0 Å². The Morgan fingerprint density at radius 2 is 0.917 bits per heavy atom. The normalized spacial score (nSPS) is 9.33. The maximum absolute atomic E-state index is 11.0. The van der Waals surface area contributed by atoms with Crippen LogP contribution in [0.4, 0.5) is 34.1 Å². The minimum Gasteiger partial charge on any atom is -0.258 e. The summed E-state index contributed by atoms with van der Waals surface area (Å²) in [4.78, 5) is 42.0. The minimum absolute atomic E-state index is 1.47. The number of benzene rings is 1. The monoisotopic (exact) mass is 340 g/mol. The van der Waals surface area contributed by atoms with Crippen molar-refractivity contribution in [2.75, 3.05) is 0 Å². The Morgan fingerprint density at radius 1 is 0.625 bits per heavy atom. The van der Waals surface area contributed by atoms with Gasteiger partial charge in [0.1, 0.15) is 0 Å². The molecule has 0 atom stereocenters. The van der Waals surface area contributed by atoms with E-state index in [2.05, 4.69) is 20.1 Å². The summed E-state index contributed by atoms with van der Waals surface area (Å²) < 4.78 is 0. The predicted octanol–water partition coefficient (Wildman–Crippen LogP) is 3.20. The SMILES string of the molecule is [N-]=[N+]=Nc1c([N+](=O)[O-])c(N=[N+]=[N-])c([N+](=O)[O-])c([N+](=O)[O-])c1[N+](=O)[O-]. The number of azide groups is 2. The molecule has 0 aliphatic rings. The molecule has 0 radical (unpaired) electrons. The van der Waals surface area contributed by atoms with Crippen molar-refractivity contribution in [3.63, 3.8) is 0 Å². The van der Waals surface area contributed by atoms with Crippen molar-refractivity contribution in [2.24, 2.45) is 10.2 Å². The van der Waals surface area contributed by atoms with Gasteiger partial charge in [-0.25, -0.2) is 0 Å². The van der Waals surface area contributed by atoms with Crippen LogP contribution >= 0.6 is 0 Å². The Balaban J connectivity index is 4.49. The summed E-state index contributed by atoms with van der Waals surface area (Å²) in [6.45, 7) is 0. The molecular formula is C6N10O8. The molecule has 122 valence electrons. The Bertz CT molecular complexity index is 724. The molecule has 18 heteroatoms. The van der Waals surface area contributed by atoms with Gasteiger partial charge in [0.15, 0.2) is 0 Å². The first kappa shape index (κ1) is 17.5. The number of nitrogens with zero attached hydrogens (tertiary/aromatic N) is 10. The van der Waals surface area contributed by atoms with Crippen LogP contribution < -0.4 is 0 Å². The van der Waals surface area contributed by atoms with Crippen molar-refractivity contribution < 1.29 is 19.7 Å². The lowest BCUT2D eigenvalue weighted by Crippen LogP contribution is -2.04. The van der Waals surface area contributed by atoms with Crippen molar-refractivity contribution in [2.45, 2.75) is 0 Å². The van der Waals surface area contributed by atoms with Crippen LogP contribution in [0.15, 0.2) is 10.2 Å². The molecule has 0 amide bonds. The van der Waals surface area contributed by atoms with Crippen molar-refractivity contribution in [3.05, 3.63) is 61.3 Å². The molecule has 0 aliphatic heterocycles. The number of rotatable bonds is 6. The summed E-state index contributed by atoms with van der Waals surface area (Å²) in [5.41, 5.74) is 6.70. The molecular weight excluding hydrogens is 340 g/mol. The second-order valence-electron chi connectivity index (χ2n) is 3.50. The second kappa shape index (κ2) is 6.47. The van der Waals surface area contributed by atoms with E-state index in [-0.39, 0.29) is 0 Å². The lowest BCUT2D eigenvalue weighted by molar-refractivity contribution is -0.441. The molecule has 1 rings (SSSR count). The van der Waals surface area contributed by atoms with Gasteiger partial charge in [-0.3, -0.25) is 40.5 Å². The fourth-order valence-corrected chi connectivity index (χ4v) is 1.64. The van der Waals surface area contributed by atoms with Gasteiger partial charge in [0.2, 0.25) is 11.4 Å². The zero-order valence-corrected chi connectivity index (χ0v) is 10.7. The fourth-order valence-electron chi connectivity index (χ4n) is 1.64. The highest BCUT2D eigenvalue weighted by Crippen LogP contribution is 2.56. The van der Waals surface area contributed by atoms with Gasteiger partial charge < -0.3 is 0 Å². The highest BCUT2D eigenvalue weighted by atomic mass is 16.7. The Labute approximate surface area is 126 Å². The smallest absolute Gasteiger partial charge is 0.258 e. The van der Waals surface area contributed by atoms with E-state index in [9.17, 15) is 40.5 Å². The van der Waals surface area contributed by atoms with Crippen molar-refractivity contribution >= 4 is 34.1 Å². The first-order valence-electron chi connectivity index (χ1n) is 5.10. The standard InChI is InChI=1S/C6N10O8/c7-11-9-1-3(13(17)18)2(10-12-8)5(15(21)22)6(16(23)24)4(1)14(19)20. The number of nitro benzene ring substituents is 4. The van der Waals surface area contributed by atoms with Gasteiger partial charge in [-0.2, -0.15) is 0 Å². The van der Waals surface area contributed by atoms with Gasteiger partial charge in [-0.05, 0) is 21.3 Å². The molecule has 0 saturated carbocycles. The van der Waals surface area contributed by atoms with E-state index in [0.29, 0.717) is 0 Å². The molecule has 0 aliphatic carbocycles. The summed E-state index contributed by atoms with van der Waals surface area (Å²) >= 11 is 0. The van der Waals surface area contributed by atoms with Crippen LogP contribution in [0.2, 0.25) is 0 Å².